The summed E-state index contributed by atoms with van der Waals surface area (Å²) in [5.41, 5.74) is 5.19. The average Bonchev–Trinajstić information content (AvgIpc) is 3.85. The van der Waals surface area contributed by atoms with Gasteiger partial charge in [0.25, 0.3) is 0 Å². The van der Waals surface area contributed by atoms with Crippen molar-refractivity contribution in [2.75, 3.05) is 4.90 Å². The molecule has 3 rings (SSSR count). The Morgan fingerprint density at radius 2 is 1.77 bits per heavy atom. The lowest BCUT2D eigenvalue weighted by Gasteiger charge is -2.28. The van der Waals surface area contributed by atoms with Gasteiger partial charge in [-0.15, -0.1) is 0 Å². The molecule has 1 aliphatic carbocycles. The number of aryl methyl sites for hydroxylation is 2. The molecule has 2 aromatic rings. The molecule has 1 fully saturated rings. The fourth-order valence-corrected chi connectivity index (χ4v) is 5.10. The molecule has 47 heavy (non-hydrogen) atoms. The number of rotatable bonds is 16. The summed E-state index contributed by atoms with van der Waals surface area (Å²) in [4.78, 5) is 33.2. The number of amidine groups is 1. The number of ether oxygens (including phenoxy) is 1. The minimum absolute atomic E-state index is 0.102. The molecule has 1 N–H and O–H groups in total. The van der Waals surface area contributed by atoms with Gasteiger partial charge in [-0.1, -0.05) is 88.6 Å². The lowest BCUT2D eigenvalue weighted by molar-refractivity contribution is -0.121. The third kappa shape index (κ3) is 13.0. The molecule has 2 amide bonds. The number of nitrogens with zero attached hydrogens (tertiary/aromatic N) is 2. The standard InChI is InChI=1S/C41H57N3O3/c1-8-12-15-20-33-30-36(27-24-32(33)19-13-9-2)44(40(46)47-41(5,6)7)38(17-11-4)43-37(22-14-10-3)34-21-16-18-31(29-34)23-28-39(45)42-35-25-26-35/h11,15-18,20-22,24,27,29-30,35H,8-10,12-14,19,23,25-26,28H2,1-7H3,(H,42,45). The number of aliphatic imine (C=N–C) groups is 1. The van der Waals surface area contributed by atoms with Crippen LogP contribution in [0.2, 0.25) is 0 Å². The van der Waals surface area contributed by atoms with E-state index in [9.17, 15) is 9.59 Å². The molecule has 6 heteroatoms. The normalized spacial score (nSPS) is 14.2. The summed E-state index contributed by atoms with van der Waals surface area (Å²) in [6, 6.07) is 14.8. The first kappa shape index (κ1) is 37.5. The van der Waals surface area contributed by atoms with E-state index in [0.717, 1.165) is 80.2 Å². The summed E-state index contributed by atoms with van der Waals surface area (Å²) >= 11 is 0. The summed E-state index contributed by atoms with van der Waals surface area (Å²) in [6.45, 7) is 14.1. The Kier molecular flexibility index (Phi) is 15.2. The summed E-state index contributed by atoms with van der Waals surface area (Å²) < 4.78 is 5.99. The first-order chi connectivity index (χ1) is 22.6. The second kappa shape index (κ2) is 19.0. The lowest BCUT2D eigenvalue weighted by Crippen LogP contribution is -2.40. The summed E-state index contributed by atoms with van der Waals surface area (Å²) in [5.74, 6) is 0.578. The van der Waals surface area contributed by atoms with Crippen LogP contribution in [0.4, 0.5) is 10.5 Å². The van der Waals surface area contributed by atoms with Gasteiger partial charge in [0.2, 0.25) is 5.91 Å². The van der Waals surface area contributed by atoms with E-state index in [4.69, 9.17) is 9.73 Å². The molecule has 0 aromatic heterocycles. The fraction of sp³-hybridized carbons (Fsp3) is 0.488. The van der Waals surface area contributed by atoms with Crippen molar-refractivity contribution in [1.29, 1.82) is 0 Å². The number of carbonyl (C=O) groups excluding carboxylic acids is 2. The van der Waals surface area contributed by atoms with Crippen molar-refractivity contribution >= 4 is 35.3 Å². The highest BCUT2D eigenvalue weighted by Gasteiger charge is 2.27. The van der Waals surface area contributed by atoms with Gasteiger partial charge in [0.05, 0.1) is 11.4 Å². The second-order valence-corrected chi connectivity index (χ2v) is 13.4. The van der Waals surface area contributed by atoms with Gasteiger partial charge >= 0.3 is 6.09 Å². The smallest absolute Gasteiger partial charge is 0.420 e. The molecular weight excluding hydrogens is 582 g/mol. The van der Waals surface area contributed by atoms with Crippen molar-refractivity contribution in [3.05, 3.63) is 89.0 Å². The Morgan fingerprint density at radius 1 is 1.00 bits per heavy atom. The van der Waals surface area contributed by atoms with Gasteiger partial charge in [-0.2, -0.15) is 0 Å². The van der Waals surface area contributed by atoms with Crippen molar-refractivity contribution in [2.24, 2.45) is 4.99 Å². The highest BCUT2D eigenvalue weighted by Crippen LogP contribution is 2.28. The number of unbranched alkanes of at least 4 members (excludes halogenated alkanes) is 3. The monoisotopic (exact) mass is 639 g/mol. The minimum atomic E-state index is -0.692. The van der Waals surface area contributed by atoms with E-state index in [0.29, 0.717) is 30.4 Å². The summed E-state index contributed by atoms with van der Waals surface area (Å²) in [5, 5.41) is 3.08. The van der Waals surface area contributed by atoms with Gasteiger partial charge in [0.1, 0.15) is 11.4 Å². The Hall–Kier alpha value is -3.93. The third-order valence-corrected chi connectivity index (χ3v) is 7.73. The van der Waals surface area contributed by atoms with Crippen molar-refractivity contribution in [3.63, 3.8) is 0 Å². The van der Waals surface area contributed by atoms with Crippen LogP contribution in [-0.4, -0.2) is 29.5 Å². The van der Waals surface area contributed by atoms with Crippen molar-refractivity contribution in [3.8, 4) is 0 Å². The van der Waals surface area contributed by atoms with Crippen molar-refractivity contribution in [2.45, 2.75) is 131 Å². The Balaban J connectivity index is 2.10. The van der Waals surface area contributed by atoms with Crippen LogP contribution in [0.5, 0.6) is 0 Å². The lowest BCUT2D eigenvalue weighted by atomic mass is 10.00. The Morgan fingerprint density at radius 3 is 2.43 bits per heavy atom. The van der Waals surface area contributed by atoms with Crippen LogP contribution in [0.15, 0.2) is 71.8 Å². The van der Waals surface area contributed by atoms with Gasteiger partial charge in [-0.25, -0.2) is 14.7 Å². The molecule has 0 saturated heterocycles. The predicted molar refractivity (Wildman–Crippen MR) is 199 cm³/mol. The number of anilines is 1. The molecule has 254 valence electrons. The largest absolute Gasteiger partial charge is 0.443 e. The third-order valence-electron chi connectivity index (χ3n) is 7.73. The van der Waals surface area contributed by atoms with Crippen LogP contribution in [0.3, 0.4) is 0 Å². The molecule has 6 nitrogen and oxygen atoms in total. The van der Waals surface area contributed by atoms with E-state index in [1.165, 1.54) is 5.56 Å². The number of benzene rings is 2. The maximum atomic E-state index is 14.0. The first-order valence-electron chi connectivity index (χ1n) is 17.7. The number of hydrogen-bond acceptors (Lipinski definition) is 4. The number of amides is 2. The highest BCUT2D eigenvalue weighted by molar-refractivity contribution is 6.20. The molecule has 1 saturated carbocycles. The number of hydrogen-bond donors (Lipinski definition) is 1. The molecule has 0 heterocycles. The van der Waals surface area contributed by atoms with E-state index in [-0.39, 0.29) is 5.91 Å². The fourth-order valence-electron chi connectivity index (χ4n) is 5.10. The molecule has 0 atom stereocenters. The van der Waals surface area contributed by atoms with Gasteiger partial charge in [-0.05, 0) is 114 Å². The van der Waals surface area contributed by atoms with Crippen molar-refractivity contribution < 1.29 is 14.3 Å². The zero-order valence-electron chi connectivity index (χ0n) is 29.9. The maximum Gasteiger partial charge on any atom is 0.420 e. The van der Waals surface area contributed by atoms with Crippen LogP contribution in [0, 0.1) is 0 Å². The Bertz CT molecular complexity index is 1440. The molecule has 0 spiro atoms. The van der Waals surface area contributed by atoms with Gasteiger partial charge in [-0.3, -0.25) is 4.79 Å². The summed E-state index contributed by atoms with van der Waals surface area (Å²) in [6.07, 6.45) is 20.1. The van der Waals surface area contributed by atoms with Crippen LogP contribution in [-0.2, 0) is 22.4 Å². The van der Waals surface area contributed by atoms with E-state index in [1.807, 2.05) is 58.0 Å². The van der Waals surface area contributed by atoms with Crippen LogP contribution < -0.4 is 10.2 Å². The molecule has 2 aromatic carbocycles. The quantitative estimate of drug-likeness (QED) is 0.147. The average molecular weight is 640 g/mol. The van der Waals surface area contributed by atoms with Gasteiger partial charge < -0.3 is 10.1 Å². The molecule has 0 aliphatic heterocycles. The number of allylic oxidation sites excluding steroid dienone is 3. The zero-order chi connectivity index (χ0) is 34.2. The molecule has 1 aliphatic rings. The molecule has 0 radical (unpaired) electrons. The van der Waals surface area contributed by atoms with Crippen LogP contribution >= 0.6 is 0 Å². The van der Waals surface area contributed by atoms with Gasteiger partial charge in [0, 0.05) is 18.0 Å². The molecule has 0 unspecified atom stereocenters. The van der Waals surface area contributed by atoms with Crippen molar-refractivity contribution in [1.82, 2.24) is 5.32 Å². The zero-order valence-corrected chi connectivity index (χ0v) is 29.9. The van der Waals surface area contributed by atoms with Crippen LogP contribution in [0.1, 0.15) is 129 Å². The van der Waals surface area contributed by atoms with Gasteiger partial charge in [0.15, 0.2) is 0 Å². The Labute approximate surface area is 284 Å². The van der Waals surface area contributed by atoms with E-state index in [1.54, 1.807) is 4.90 Å². The number of nitrogens with one attached hydrogen (secondary N) is 1. The summed E-state index contributed by atoms with van der Waals surface area (Å²) in [7, 11) is 0. The van der Waals surface area contributed by atoms with E-state index >= 15 is 0 Å². The minimum Gasteiger partial charge on any atom is -0.443 e. The predicted octanol–water partition coefficient (Wildman–Crippen LogP) is 10.6. The van der Waals surface area contributed by atoms with E-state index in [2.05, 4.69) is 68.6 Å². The maximum absolute atomic E-state index is 14.0. The topological polar surface area (TPSA) is 71.0 Å². The first-order valence-corrected chi connectivity index (χ1v) is 17.7. The molecule has 0 bridgehead atoms. The second-order valence-electron chi connectivity index (χ2n) is 13.4. The SMILES string of the molecule is CC=CC(=NC(=CCCC)c1cccc(CCC(=O)NC2CC2)c1)N(C(=O)OC(C)(C)C)c1ccc(CCCC)c(C=CCCC)c1. The highest BCUT2D eigenvalue weighted by atomic mass is 16.6. The number of carbonyl (C=O) groups is 2. The van der Waals surface area contributed by atoms with Crippen LogP contribution in [0.25, 0.3) is 11.8 Å². The van der Waals surface area contributed by atoms with E-state index < -0.39 is 11.7 Å². The molecular formula is C41H57N3O3.